The summed E-state index contributed by atoms with van der Waals surface area (Å²) >= 11 is 0. The molecule has 1 aromatic rings. The van der Waals surface area contributed by atoms with Crippen LogP contribution in [-0.2, 0) is 0 Å². The number of hydrogen-bond acceptors (Lipinski definition) is 4. The van der Waals surface area contributed by atoms with E-state index >= 15 is 0 Å². The van der Waals surface area contributed by atoms with Gasteiger partial charge in [0.2, 0.25) is 5.75 Å². The Bertz CT molecular complexity index is 504. The topological polar surface area (TPSA) is 30.9 Å². The highest BCUT2D eigenvalue weighted by Crippen LogP contribution is 2.53. The van der Waals surface area contributed by atoms with Crippen molar-refractivity contribution in [2.75, 3.05) is 34.9 Å². The molecule has 4 heteroatoms. The van der Waals surface area contributed by atoms with Gasteiger partial charge in [-0.05, 0) is 49.0 Å². The molecule has 1 aliphatic heterocycles. The van der Waals surface area contributed by atoms with Crippen molar-refractivity contribution in [2.45, 2.75) is 33.2 Å². The minimum absolute atomic E-state index is 0.235. The van der Waals surface area contributed by atoms with Crippen LogP contribution in [0.1, 0.15) is 38.8 Å². The molecular weight excluding hydrogens is 278 g/mol. The van der Waals surface area contributed by atoms with Gasteiger partial charge >= 0.3 is 0 Å². The summed E-state index contributed by atoms with van der Waals surface area (Å²) in [5, 5.41) is 0. The molecule has 0 spiro atoms. The second-order valence-electron chi connectivity index (χ2n) is 6.75. The van der Waals surface area contributed by atoms with Crippen LogP contribution < -0.4 is 14.2 Å². The molecule has 0 unspecified atom stereocenters. The molecule has 1 aliphatic rings. The van der Waals surface area contributed by atoms with Crippen molar-refractivity contribution in [1.82, 2.24) is 4.90 Å². The summed E-state index contributed by atoms with van der Waals surface area (Å²) in [5.41, 5.74) is 1.46. The van der Waals surface area contributed by atoms with E-state index in [0.29, 0.717) is 17.7 Å². The van der Waals surface area contributed by atoms with Gasteiger partial charge in [-0.25, -0.2) is 0 Å². The third-order valence-electron chi connectivity index (χ3n) is 5.39. The molecule has 0 amide bonds. The first kappa shape index (κ1) is 16.9. The van der Waals surface area contributed by atoms with E-state index in [-0.39, 0.29) is 5.41 Å². The number of rotatable bonds is 5. The molecule has 1 fully saturated rings. The average Bonchev–Trinajstić information content (AvgIpc) is 2.82. The third kappa shape index (κ3) is 2.65. The summed E-state index contributed by atoms with van der Waals surface area (Å²) in [4.78, 5) is 2.43. The molecule has 0 bridgehead atoms. The molecule has 0 saturated carbocycles. The maximum absolute atomic E-state index is 5.52. The fourth-order valence-corrected chi connectivity index (χ4v) is 3.69. The van der Waals surface area contributed by atoms with Gasteiger partial charge in [-0.15, -0.1) is 0 Å². The monoisotopic (exact) mass is 307 g/mol. The first-order valence-corrected chi connectivity index (χ1v) is 7.89. The van der Waals surface area contributed by atoms with Crippen LogP contribution in [0.15, 0.2) is 12.1 Å². The van der Waals surface area contributed by atoms with Gasteiger partial charge in [0.15, 0.2) is 11.5 Å². The lowest BCUT2D eigenvalue weighted by Gasteiger charge is -2.38. The van der Waals surface area contributed by atoms with Crippen molar-refractivity contribution >= 4 is 0 Å². The number of ether oxygens (including phenoxy) is 3. The van der Waals surface area contributed by atoms with Gasteiger partial charge in [-0.1, -0.05) is 20.8 Å². The predicted octanol–water partition coefficient (Wildman–Crippen LogP) is 3.75. The van der Waals surface area contributed by atoms with Crippen LogP contribution in [0.5, 0.6) is 17.2 Å². The zero-order valence-corrected chi connectivity index (χ0v) is 14.9. The van der Waals surface area contributed by atoms with E-state index in [4.69, 9.17) is 14.2 Å². The van der Waals surface area contributed by atoms with Crippen molar-refractivity contribution < 1.29 is 14.2 Å². The Balaban J connectivity index is 2.55. The Morgan fingerprint density at radius 3 is 2.05 bits per heavy atom. The molecule has 2 rings (SSSR count). The summed E-state index contributed by atoms with van der Waals surface area (Å²) in [6, 6.07) is 4.53. The molecule has 1 heterocycles. The Morgan fingerprint density at radius 2 is 1.64 bits per heavy atom. The summed E-state index contributed by atoms with van der Waals surface area (Å²) in [6.45, 7) is 8.11. The maximum atomic E-state index is 5.52. The van der Waals surface area contributed by atoms with Crippen LogP contribution in [0.25, 0.3) is 0 Å². The van der Waals surface area contributed by atoms with Crippen LogP contribution in [0.3, 0.4) is 0 Å². The molecule has 0 radical (unpaired) electrons. The van der Waals surface area contributed by atoms with Gasteiger partial charge in [-0.3, -0.25) is 4.90 Å². The Morgan fingerprint density at radius 1 is 1.09 bits per heavy atom. The Hall–Kier alpha value is -1.42. The van der Waals surface area contributed by atoms with E-state index in [2.05, 4.69) is 44.9 Å². The third-order valence-corrected chi connectivity index (χ3v) is 5.39. The Labute approximate surface area is 134 Å². The molecule has 22 heavy (non-hydrogen) atoms. The summed E-state index contributed by atoms with van der Waals surface area (Å²) < 4.78 is 16.5. The fraction of sp³-hybridized carbons (Fsp3) is 0.667. The maximum Gasteiger partial charge on any atom is 0.203 e. The Kier molecular flexibility index (Phi) is 4.90. The van der Waals surface area contributed by atoms with Gasteiger partial charge in [0, 0.05) is 6.04 Å². The predicted molar refractivity (Wildman–Crippen MR) is 89.0 cm³/mol. The minimum atomic E-state index is 0.235. The number of nitrogens with zero attached hydrogens (tertiary/aromatic N) is 1. The van der Waals surface area contributed by atoms with Crippen LogP contribution in [-0.4, -0.2) is 39.8 Å². The smallest absolute Gasteiger partial charge is 0.203 e. The highest BCUT2D eigenvalue weighted by Gasteiger charge is 2.45. The minimum Gasteiger partial charge on any atom is -0.493 e. The lowest BCUT2D eigenvalue weighted by molar-refractivity contribution is 0.137. The largest absolute Gasteiger partial charge is 0.493 e. The standard InChI is InChI=1S/C18H29NO3/c1-12(2)18(3)8-9-19(4)17(18)13-10-14(20-5)16(22-7)15(11-13)21-6/h10-12,17H,8-9H2,1-7H3/t17-,18+/m1/s1. The highest BCUT2D eigenvalue weighted by atomic mass is 16.5. The van der Waals surface area contributed by atoms with Gasteiger partial charge in [0.1, 0.15) is 0 Å². The molecule has 4 nitrogen and oxygen atoms in total. The molecule has 2 atom stereocenters. The van der Waals surface area contributed by atoms with Gasteiger partial charge < -0.3 is 14.2 Å². The zero-order valence-electron chi connectivity index (χ0n) is 14.9. The van der Waals surface area contributed by atoms with Crippen molar-refractivity contribution in [1.29, 1.82) is 0 Å². The van der Waals surface area contributed by atoms with E-state index in [1.807, 2.05) is 0 Å². The highest BCUT2D eigenvalue weighted by molar-refractivity contribution is 5.54. The number of likely N-dealkylation sites (tertiary alicyclic amines) is 1. The van der Waals surface area contributed by atoms with Crippen LogP contribution in [0.4, 0.5) is 0 Å². The van der Waals surface area contributed by atoms with Crippen LogP contribution in [0, 0.1) is 11.3 Å². The van der Waals surface area contributed by atoms with Crippen LogP contribution in [0.2, 0.25) is 0 Å². The number of benzene rings is 1. The summed E-state index contributed by atoms with van der Waals surface area (Å²) in [6.07, 6.45) is 1.20. The van der Waals surface area contributed by atoms with Crippen LogP contribution >= 0.6 is 0 Å². The molecule has 0 aromatic heterocycles. The van der Waals surface area contributed by atoms with E-state index in [9.17, 15) is 0 Å². The first-order valence-electron chi connectivity index (χ1n) is 7.89. The molecule has 1 aromatic carbocycles. The quantitative estimate of drug-likeness (QED) is 0.829. The first-order chi connectivity index (χ1) is 10.4. The second kappa shape index (κ2) is 6.37. The summed E-state index contributed by atoms with van der Waals surface area (Å²) in [5.74, 6) is 2.70. The van der Waals surface area contributed by atoms with E-state index in [1.54, 1.807) is 21.3 Å². The number of methoxy groups -OCH3 is 3. The lowest BCUT2D eigenvalue weighted by Crippen LogP contribution is -2.32. The van der Waals surface area contributed by atoms with Gasteiger partial charge in [-0.2, -0.15) is 0 Å². The summed E-state index contributed by atoms with van der Waals surface area (Å²) in [7, 11) is 7.17. The molecule has 0 N–H and O–H groups in total. The van der Waals surface area contributed by atoms with Gasteiger partial charge in [0.05, 0.1) is 21.3 Å². The molecule has 1 saturated heterocycles. The van der Waals surface area contributed by atoms with Crippen molar-refractivity contribution in [3.05, 3.63) is 17.7 Å². The average molecular weight is 307 g/mol. The van der Waals surface area contributed by atoms with Crippen molar-refractivity contribution in [3.8, 4) is 17.2 Å². The zero-order chi connectivity index (χ0) is 16.5. The van der Waals surface area contributed by atoms with Gasteiger partial charge in [0.25, 0.3) is 0 Å². The SMILES string of the molecule is COc1cc([C@H]2N(C)CC[C@@]2(C)C(C)C)cc(OC)c1OC. The molecule has 0 aliphatic carbocycles. The molecular formula is C18H29NO3. The van der Waals surface area contributed by atoms with Crippen molar-refractivity contribution in [2.24, 2.45) is 11.3 Å². The fourth-order valence-electron chi connectivity index (χ4n) is 3.69. The normalized spacial score (nSPS) is 25.5. The van der Waals surface area contributed by atoms with E-state index < -0.39 is 0 Å². The second-order valence-corrected chi connectivity index (χ2v) is 6.75. The molecule has 124 valence electrons. The lowest BCUT2D eigenvalue weighted by atomic mass is 9.71. The van der Waals surface area contributed by atoms with E-state index in [0.717, 1.165) is 18.0 Å². The number of hydrogen-bond donors (Lipinski definition) is 0. The van der Waals surface area contributed by atoms with E-state index in [1.165, 1.54) is 12.0 Å². The van der Waals surface area contributed by atoms with Crippen molar-refractivity contribution in [3.63, 3.8) is 0 Å².